The number of benzene rings is 1. The fourth-order valence-corrected chi connectivity index (χ4v) is 1.53. The number of carbonyl (C=O) groups excluding carboxylic acids is 1. The number of pyridine rings is 1. The fraction of sp³-hybridized carbons (Fsp3) is 0.143. The number of hydrogen-bond acceptors (Lipinski definition) is 4. The first-order valence-corrected chi connectivity index (χ1v) is 6.13. The van der Waals surface area contributed by atoms with Gasteiger partial charge in [-0.25, -0.2) is 9.78 Å². The second-order valence-corrected chi connectivity index (χ2v) is 4.10. The van der Waals surface area contributed by atoms with E-state index < -0.39 is 0 Å². The molecule has 0 bridgehead atoms. The van der Waals surface area contributed by atoms with Crippen LogP contribution >= 0.6 is 11.6 Å². The highest BCUT2D eigenvalue weighted by Gasteiger charge is 2.06. The topological polar surface area (TPSA) is 48.4 Å². The van der Waals surface area contributed by atoms with Gasteiger partial charge in [0.1, 0.15) is 5.75 Å². The molecule has 0 aliphatic carbocycles. The number of aromatic nitrogens is 1. The Balaban J connectivity index is 2.06. The maximum atomic E-state index is 11.5. The predicted molar refractivity (Wildman–Crippen MR) is 71.7 cm³/mol. The Kier molecular flexibility index (Phi) is 4.36. The van der Waals surface area contributed by atoms with Crippen LogP contribution in [-0.2, 0) is 4.74 Å². The van der Waals surface area contributed by atoms with Gasteiger partial charge in [-0.2, -0.15) is 0 Å². The van der Waals surface area contributed by atoms with Gasteiger partial charge >= 0.3 is 5.97 Å². The van der Waals surface area contributed by atoms with Crippen LogP contribution in [0.3, 0.4) is 0 Å². The van der Waals surface area contributed by atoms with Gasteiger partial charge in [-0.15, -0.1) is 0 Å². The van der Waals surface area contributed by atoms with Crippen molar-refractivity contribution in [3.8, 4) is 11.6 Å². The summed E-state index contributed by atoms with van der Waals surface area (Å²) in [7, 11) is 0. The van der Waals surface area contributed by atoms with Crippen molar-refractivity contribution in [2.24, 2.45) is 0 Å². The van der Waals surface area contributed by atoms with E-state index in [1.165, 1.54) is 6.20 Å². The smallest absolute Gasteiger partial charge is 0.338 e. The zero-order valence-electron chi connectivity index (χ0n) is 10.3. The predicted octanol–water partition coefficient (Wildman–Crippen LogP) is 3.70. The lowest BCUT2D eigenvalue weighted by atomic mass is 10.2. The minimum atomic E-state index is -0.348. The number of hydrogen-bond donors (Lipinski definition) is 0. The molecule has 5 heteroatoms. The third kappa shape index (κ3) is 3.69. The minimum absolute atomic E-state index is 0.348. The molecule has 0 radical (unpaired) electrons. The van der Waals surface area contributed by atoms with Crippen LogP contribution in [0.15, 0.2) is 42.6 Å². The van der Waals surface area contributed by atoms with Gasteiger partial charge in [0, 0.05) is 12.3 Å². The Morgan fingerprint density at radius 3 is 2.53 bits per heavy atom. The molecule has 1 aromatic heterocycles. The number of carbonyl (C=O) groups is 1. The Morgan fingerprint density at radius 1 is 1.21 bits per heavy atom. The number of halogens is 1. The number of esters is 1. The molecule has 98 valence electrons. The summed E-state index contributed by atoms with van der Waals surface area (Å²) in [6.45, 7) is 2.12. The third-order valence-electron chi connectivity index (χ3n) is 2.29. The molecule has 0 amide bonds. The molecule has 0 aliphatic heterocycles. The first-order chi connectivity index (χ1) is 9.19. The second-order valence-electron chi connectivity index (χ2n) is 3.66. The van der Waals surface area contributed by atoms with Gasteiger partial charge in [-0.05, 0) is 37.3 Å². The summed E-state index contributed by atoms with van der Waals surface area (Å²) in [5, 5.41) is 0.546. The summed E-state index contributed by atoms with van der Waals surface area (Å²) in [4.78, 5) is 15.5. The van der Waals surface area contributed by atoms with Crippen LogP contribution in [0.25, 0.3) is 0 Å². The monoisotopic (exact) mass is 277 g/mol. The molecule has 2 aromatic rings. The van der Waals surface area contributed by atoms with Crippen LogP contribution in [-0.4, -0.2) is 17.6 Å². The molecule has 0 unspecified atom stereocenters. The van der Waals surface area contributed by atoms with Crippen LogP contribution < -0.4 is 4.74 Å². The molecular formula is C14H12ClNO3. The molecule has 0 fully saturated rings. The lowest BCUT2D eigenvalue weighted by Gasteiger charge is -2.05. The quantitative estimate of drug-likeness (QED) is 0.800. The van der Waals surface area contributed by atoms with Crippen LogP contribution in [0.4, 0.5) is 0 Å². The van der Waals surface area contributed by atoms with E-state index in [-0.39, 0.29) is 5.97 Å². The van der Waals surface area contributed by atoms with Crippen molar-refractivity contribution in [2.75, 3.05) is 6.61 Å². The lowest BCUT2D eigenvalue weighted by Crippen LogP contribution is -2.04. The standard InChI is InChI=1S/C14H12ClNO3/c1-2-18-14(17)10-3-6-12(7-4-10)19-13-8-5-11(15)9-16-13/h3-9H,2H2,1H3. The van der Waals surface area contributed by atoms with Gasteiger partial charge in [-0.1, -0.05) is 11.6 Å². The molecule has 4 nitrogen and oxygen atoms in total. The summed E-state index contributed by atoms with van der Waals surface area (Å²) < 4.78 is 10.4. The third-order valence-corrected chi connectivity index (χ3v) is 2.51. The SMILES string of the molecule is CCOC(=O)c1ccc(Oc2ccc(Cl)cn2)cc1. The lowest BCUT2D eigenvalue weighted by molar-refractivity contribution is 0.0526. The summed E-state index contributed by atoms with van der Waals surface area (Å²) in [5.74, 6) is 0.676. The number of ether oxygens (including phenoxy) is 2. The number of rotatable bonds is 4. The first kappa shape index (κ1) is 13.4. The summed E-state index contributed by atoms with van der Waals surface area (Å²) in [5.41, 5.74) is 0.485. The average Bonchev–Trinajstić information content (AvgIpc) is 2.42. The summed E-state index contributed by atoms with van der Waals surface area (Å²) in [6, 6.07) is 10.0. The van der Waals surface area contributed by atoms with E-state index in [9.17, 15) is 4.79 Å². The molecular weight excluding hydrogens is 266 g/mol. The zero-order valence-corrected chi connectivity index (χ0v) is 11.1. The maximum Gasteiger partial charge on any atom is 0.338 e. The largest absolute Gasteiger partial charge is 0.462 e. The Bertz CT molecular complexity index is 552. The first-order valence-electron chi connectivity index (χ1n) is 5.75. The van der Waals surface area contributed by atoms with Gasteiger partial charge in [-0.3, -0.25) is 0 Å². The average molecular weight is 278 g/mol. The van der Waals surface area contributed by atoms with Crippen molar-refractivity contribution in [2.45, 2.75) is 6.92 Å². The number of nitrogens with zero attached hydrogens (tertiary/aromatic N) is 1. The van der Waals surface area contributed by atoms with E-state index in [0.717, 1.165) is 0 Å². The van der Waals surface area contributed by atoms with Gasteiger partial charge in [0.05, 0.1) is 17.2 Å². The molecule has 2 rings (SSSR count). The summed E-state index contributed by atoms with van der Waals surface area (Å²) in [6.07, 6.45) is 1.50. The van der Waals surface area contributed by atoms with E-state index in [1.54, 1.807) is 43.3 Å². The molecule has 0 N–H and O–H groups in total. The van der Waals surface area contributed by atoms with Crippen molar-refractivity contribution >= 4 is 17.6 Å². The van der Waals surface area contributed by atoms with Crippen molar-refractivity contribution in [1.82, 2.24) is 4.98 Å². The molecule has 0 spiro atoms. The van der Waals surface area contributed by atoms with Gasteiger partial charge in [0.2, 0.25) is 5.88 Å². The normalized spacial score (nSPS) is 10.0. The molecule has 0 saturated heterocycles. The zero-order chi connectivity index (χ0) is 13.7. The van der Waals surface area contributed by atoms with Crippen LogP contribution in [0.5, 0.6) is 11.6 Å². The van der Waals surface area contributed by atoms with Crippen molar-refractivity contribution in [1.29, 1.82) is 0 Å². The van der Waals surface area contributed by atoms with Gasteiger partial charge < -0.3 is 9.47 Å². The van der Waals surface area contributed by atoms with Crippen LogP contribution in [0.2, 0.25) is 5.02 Å². The molecule has 1 aromatic carbocycles. The van der Waals surface area contributed by atoms with E-state index in [2.05, 4.69) is 4.98 Å². The molecule has 19 heavy (non-hydrogen) atoms. The minimum Gasteiger partial charge on any atom is -0.462 e. The van der Waals surface area contributed by atoms with Crippen LogP contribution in [0.1, 0.15) is 17.3 Å². The fourth-order valence-electron chi connectivity index (χ4n) is 1.42. The highest BCUT2D eigenvalue weighted by molar-refractivity contribution is 6.30. The molecule has 0 atom stereocenters. The highest BCUT2D eigenvalue weighted by Crippen LogP contribution is 2.21. The van der Waals surface area contributed by atoms with E-state index in [4.69, 9.17) is 21.1 Å². The Hall–Kier alpha value is -2.07. The molecule has 1 heterocycles. The Labute approximate surface area is 115 Å². The van der Waals surface area contributed by atoms with Gasteiger partial charge in [0.25, 0.3) is 0 Å². The highest BCUT2D eigenvalue weighted by atomic mass is 35.5. The van der Waals surface area contributed by atoms with Crippen molar-refractivity contribution in [3.05, 3.63) is 53.2 Å². The van der Waals surface area contributed by atoms with Crippen molar-refractivity contribution in [3.63, 3.8) is 0 Å². The second kappa shape index (κ2) is 6.20. The van der Waals surface area contributed by atoms with E-state index >= 15 is 0 Å². The molecule has 0 aliphatic rings. The van der Waals surface area contributed by atoms with Gasteiger partial charge in [0.15, 0.2) is 0 Å². The van der Waals surface area contributed by atoms with E-state index in [0.29, 0.717) is 28.8 Å². The van der Waals surface area contributed by atoms with Crippen molar-refractivity contribution < 1.29 is 14.3 Å². The van der Waals surface area contributed by atoms with E-state index in [1.807, 2.05) is 0 Å². The Morgan fingerprint density at radius 2 is 1.95 bits per heavy atom. The molecule has 0 saturated carbocycles. The maximum absolute atomic E-state index is 11.5. The summed E-state index contributed by atoms with van der Waals surface area (Å²) >= 11 is 5.73. The van der Waals surface area contributed by atoms with Crippen LogP contribution in [0, 0.1) is 0 Å².